The molecule has 0 saturated carbocycles. The van der Waals surface area contributed by atoms with Crippen LogP contribution >= 0.6 is 0 Å². The van der Waals surface area contributed by atoms with Crippen molar-refractivity contribution in [1.82, 2.24) is 25.3 Å². The van der Waals surface area contributed by atoms with Crippen molar-refractivity contribution in [2.45, 2.75) is 43.8 Å². The Morgan fingerprint density at radius 1 is 1.13 bits per heavy atom. The third-order valence-electron chi connectivity index (χ3n) is 6.59. The van der Waals surface area contributed by atoms with Crippen molar-refractivity contribution in [2.75, 3.05) is 11.9 Å². The molecule has 5 rings (SSSR count). The zero-order valence-corrected chi connectivity index (χ0v) is 17.1. The molecule has 2 aliphatic heterocycles. The summed E-state index contributed by atoms with van der Waals surface area (Å²) in [5.74, 6) is 0.873. The van der Waals surface area contributed by atoms with Crippen LogP contribution in [0.3, 0.4) is 0 Å². The predicted octanol–water partition coefficient (Wildman–Crippen LogP) is 3.35. The lowest BCUT2D eigenvalue weighted by Gasteiger charge is -2.41. The van der Waals surface area contributed by atoms with Gasteiger partial charge >= 0.3 is 6.09 Å². The number of fused-ring (bicyclic) bond motifs is 2. The highest BCUT2D eigenvalue weighted by Crippen LogP contribution is 2.38. The zero-order chi connectivity index (χ0) is 21.5. The van der Waals surface area contributed by atoms with Gasteiger partial charge in [0.1, 0.15) is 5.75 Å². The Kier molecular flexibility index (Phi) is 4.72. The lowest BCUT2D eigenvalue weighted by molar-refractivity contribution is 0.0965. The molecule has 2 aliphatic rings. The van der Waals surface area contributed by atoms with E-state index in [1.54, 1.807) is 23.4 Å². The molecule has 3 N–H and O–H groups in total. The first-order valence-electron chi connectivity index (χ1n) is 10.4. The fraction of sp³-hybridized carbons (Fsp3) is 0.364. The van der Waals surface area contributed by atoms with E-state index in [0.29, 0.717) is 11.3 Å². The number of phenols is 1. The predicted molar refractivity (Wildman–Crippen MR) is 115 cm³/mol. The molecule has 2 saturated heterocycles. The van der Waals surface area contributed by atoms with Crippen molar-refractivity contribution in [3.05, 3.63) is 42.7 Å². The van der Waals surface area contributed by atoms with Gasteiger partial charge in [-0.1, -0.05) is 6.07 Å². The number of carbonyl (C=O) groups is 1. The normalized spacial score (nSPS) is 22.5. The largest absolute Gasteiger partial charge is 0.507 e. The molecule has 4 heterocycles. The molecule has 9 nitrogen and oxygen atoms in total. The second-order valence-corrected chi connectivity index (χ2v) is 8.31. The number of aromatic nitrogens is 4. The fourth-order valence-electron chi connectivity index (χ4n) is 4.96. The first-order chi connectivity index (χ1) is 15.0. The zero-order valence-electron chi connectivity index (χ0n) is 17.1. The van der Waals surface area contributed by atoms with Crippen LogP contribution in [0.15, 0.2) is 42.7 Å². The number of hydrogen-bond donors (Lipinski definition) is 3. The topological polar surface area (TPSA) is 118 Å². The van der Waals surface area contributed by atoms with E-state index in [0.717, 1.165) is 42.6 Å². The number of hydrogen-bond acceptors (Lipinski definition) is 6. The van der Waals surface area contributed by atoms with Gasteiger partial charge in [-0.3, -0.25) is 5.10 Å². The van der Waals surface area contributed by atoms with Crippen LogP contribution in [0.1, 0.15) is 25.7 Å². The average molecular weight is 420 g/mol. The summed E-state index contributed by atoms with van der Waals surface area (Å²) in [6.07, 6.45) is 6.13. The monoisotopic (exact) mass is 420 g/mol. The second kappa shape index (κ2) is 7.57. The van der Waals surface area contributed by atoms with Crippen molar-refractivity contribution < 1.29 is 15.0 Å². The maximum atomic E-state index is 11.5. The number of anilines is 1. The van der Waals surface area contributed by atoms with Crippen LogP contribution in [0.2, 0.25) is 0 Å². The molecule has 3 atom stereocenters. The van der Waals surface area contributed by atoms with Crippen LogP contribution < -0.4 is 4.90 Å². The molecule has 2 aromatic heterocycles. The van der Waals surface area contributed by atoms with E-state index in [-0.39, 0.29) is 23.9 Å². The van der Waals surface area contributed by atoms with Crippen molar-refractivity contribution >= 4 is 11.9 Å². The van der Waals surface area contributed by atoms with Crippen molar-refractivity contribution in [3.63, 3.8) is 0 Å². The number of aromatic amines is 1. The third-order valence-corrected chi connectivity index (χ3v) is 6.59. The first-order valence-corrected chi connectivity index (χ1v) is 10.4. The number of aromatic hydroxyl groups is 1. The van der Waals surface area contributed by atoms with Gasteiger partial charge in [0.15, 0.2) is 5.82 Å². The molecular formula is C22H24N6O3. The molecule has 2 bridgehead atoms. The van der Waals surface area contributed by atoms with E-state index in [4.69, 9.17) is 0 Å². The molecule has 31 heavy (non-hydrogen) atoms. The molecule has 2 fully saturated rings. The van der Waals surface area contributed by atoms with Gasteiger partial charge in [0.05, 0.1) is 11.9 Å². The van der Waals surface area contributed by atoms with Gasteiger partial charge in [-0.15, -0.1) is 10.2 Å². The van der Waals surface area contributed by atoms with Crippen LogP contribution in [0.4, 0.5) is 10.6 Å². The lowest BCUT2D eigenvalue weighted by atomic mass is 9.96. The third kappa shape index (κ3) is 3.45. The molecule has 1 aromatic carbocycles. The number of rotatable bonds is 4. The Hall–Kier alpha value is -3.62. The van der Waals surface area contributed by atoms with Crippen LogP contribution in [-0.4, -0.2) is 66.8 Å². The lowest BCUT2D eigenvalue weighted by Crippen LogP contribution is -2.51. The van der Waals surface area contributed by atoms with E-state index in [9.17, 15) is 15.0 Å². The second-order valence-electron chi connectivity index (χ2n) is 8.31. The maximum absolute atomic E-state index is 11.5. The summed E-state index contributed by atoms with van der Waals surface area (Å²) in [5, 5.41) is 35.4. The van der Waals surface area contributed by atoms with Gasteiger partial charge in [0, 0.05) is 42.5 Å². The Morgan fingerprint density at radius 3 is 2.48 bits per heavy atom. The maximum Gasteiger partial charge on any atom is 0.407 e. The molecule has 9 heteroatoms. The Morgan fingerprint density at radius 2 is 1.90 bits per heavy atom. The van der Waals surface area contributed by atoms with E-state index < -0.39 is 6.09 Å². The summed E-state index contributed by atoms with van der Waals surface area (Å²) in [6, 6.07) is 9.58. The minimum Gasteiger partial charge on any atom is -0.507 e. The molecule has 160 valence electrons. The number of phenolic OH excluding ortho intramolecular Hbond substituents is 1. The number of piperidine rings is 1. The van der Waals surface area contributed by atoms with Crippen molar-refractivity contribution in [1.29, 1.82) is 0 Å². The number of amides is 1. The summed E-state index contributed by atoms with van der Waals surface area (Å²) in [6.45, 7) is 0. The number of carboxylic acid groups (broad SMARTS) is 1. The molecular weight excluding hydrogens is 396 g/mol. The van der Waals surface area contributed by atoms with Crippen molar-refractivity contribution in [2.24, 2.45) is 0 Å². The number of nitrogens with one attached hydrogen (secondary N) is 1. The van der Waals surface area contributed by atoms with Crippen LogP contribution in [0.5, 0.6) is 5.75 Å². The van der Waals surface area contributed by atoms with Gasteiger partial charge in [-0.25, -0.2) is 4.79 Å². The summed E-state index contributed by atoms with van der Waals surface area (Å²) >= 11 is 0. The molecule has 0 spiro atoms. The van der Waals surface area contributed by atoms with Gasteiger partial charge in [0.2, 0.25) is 0 Å². The highest BCUT2D eigenvalue weighted by atomic mass is 16.4. The van der Waals surface area contributed by atoms with Crippen LogP contribution in [0.25, 0.3) is 22.4 Å². The number of nitrogens with zero attached hydrogens (tertiary/aromatic N) is 5. The van der Waals surface area contributed by atoms with Gasteiger partial charge in [0.25, 0.3) is 0 Å². The van der Waals surface area contributed by atoms with Crippen molar-refractivity contribution in [3.8, 4) is 28.1 Å². The SMILES string of the molecule is CN(c1ccc(-c2ccc(-c3cn[nH]c3)cc2O)nn1)[C@H]1C[C@H]2CC[C@@H](C1)N2C(=O)O. The smallest absolute Gasteiger partial charge is 0.407 e. The average Bonchev–Trinajstić information content (AvgIpc) is 3.40. The Balaban J connectivity index is 1.32. The first kappa shape index (κ1) is 19.3. The van der Waals surface area contributed by atoms with Crippen LogP contribution in [0, 0.1) is 0 Å². The van der Waals surface area contributed by atoms with E-state index in [1.165, 1.54) is 0 Å². The Bertz CT molecular complexity index is 1070. The molecule has 3 aromatic rings. The fourth-order valence-corrected chi connectivity index (χ4v) is 4.96. The molecule has 0 radical (unpaired) electrons. The Labute approximate surface area is 179 Å². The molecule has 0 aliphatic carbocycles. The van der Waals surface area contributed by atoms with Gasteiger partial charge in [-0.05, 0) is 55.5 Å². The van der Waals surface area contributed by atoms with Gasteiger partial charge in [-0.2, -0.15) is 5.10 Å². The highest BCUT2D eigenvalue weighted by Gasteiger charge is 2.44. The van der Waals surface area contributed by atoms with E-state index in [2.05, 4.69) is 25.3 Å². The number of H-pyrrole nitrogens is 1. The molecule has 0 unspecified atom stereocenters. The van der Waals surface area contributed by atoms with Gasteiger partial charge < -0.3 is 20.0 Å². The van der Waals surface area contributed by atoms with Crippen LogP contribution in [-0.2, 0) is 0 Å². The van der Waals surface area contributed by atoms with E-state index >= 15 is 0 Å². The standard InChI is InChI=1S/C22H24N6O3/c1-27(17-9-15-3-4-16(10-17)28(15)22(30)31)21-7-6-19(25-26-21)18-5-2-13(8-20(18)29)14-11-23-24-12-14/h2,5-8,11-12,15-17,29H,3-4,9-10H2,1H3,(H,23,24)(H,30,31)/t15-,16+,17+. The highest BCUT2D eigenvalue weighted by molar-refractivity contribution is 5.74. The summed E-state index contributed by atoms with van der Waals surface area (Å²) in [4.78, 5) is 15.2. The minimum atomic E-state index is -0.809. The summed E-state index contributed by atoms with van der Waals surface area (Å²) in [5.41, 5.74) is 2.96. The molecule has 1 amide bonds. The quantitative estimate of drug-likeness (QED) is 0.592. The summed E-state index contributed by atoms with van der Waals surface area (Å²) in [7, 11) is 1.99. The summed E-state index contributed by atoms with van der Waals surface area (Å²) < 4.78 is 0. The van der Waals surface area contributed by atoms with E-state index in [1.807, 2.05) is 31.3 Å². The number of benzene rings is 1. The minimum absolute atomic E-state index is 0.0848.